The maximum Gasteiger partial charge on any atom is 0.142 e. The van der Waals surface area contributed by atoms with Crippen LogP contribution in [0.5, 0.6) is 0 Å². The molecule has 1 heterocycles. The number of rotatable bonds is 4. The quantitative estimate of drug-likeness (QED) is 0.848. The molecule has 0 spiro atoms. The lowest BCUT2D eigenvalue weighted by Gasteiger charge is -2.16. The second-order valence-corrected chi connectivity index (χ2v) is 5.07. The van der Waals surface area contributed by atoms with Gasteiger partial charge < -0.3 is 5.32 Å². The second-order valence-electron chi connectivity index (χ2n) is 4.25. The largest absolute Gasteiger partial charge is 0.306 e. The third-order valence-electron chi connectivity index (χ3n) is 2.84. The summed E-state index contributed by atoms with van der Waals surface area (Å²) in [6, 6.07) is 6.55. The highest BCUT2D eigenvalue weighted by Crippen LogP contribution is 2.28. The van der Waals surface area contributed by atoms with Crippen LogP contribution >= 0.6 is 23.2 Å². The van der Waals surface area contributed by atoms with Crippen LogP contribution in [0.15, 0.2) is 36.7 Å². The number of benzene rings is 1. The van der Waals surface area contributed by atoms with Crippen LogP contribution in [-0.4, -0.2) is 4.98 Å². The zero-order valence-electron chi connectivity index (χ0n) is 10.3. The summed E-state index contributed by atoms with van der Waals surface area (Å²) in [6.07, 6.45) is 3.50. The number of aromatic nitrogens is 1. The van der Waals surface area contributed by atoms with Gasteiger partial charge in [-0.05, 0) is 36.2 Å². The molecule has 0 fully saturated rings. The van der Waals surface area contributed by atoms with E-state index in [4.69, 9.17) is 23.2 Å². The van der Waals surface area contributed by atoms with Gasteiger partial charge >= 0.3 is 0 Å². The maximum absolute atomic E-state index is 13.5. The average molecular weight is 299 g/mol. The molecule has 0 aliphatic carbocycles. The molecule has 0 aliphatic heterocycles. The highest BCUT2D eigenvalue weighted by atomic mass is 35.5. The van der Waals surface area contributed by atoms with Crippen LogP contribution in [0.3, 0.4) is 0 Å². The molecule has 0 saturated heterocycles. The van der Waals surface area contributed by atoms with Crippen molar-refractivity contribution >= 4 is 23.2 Å². The fourth-order valence-corrected chi connectivity index (χ4v) is 2.30. The van der Waals surface area contributed by atoms with Crippen LogP contribution < -0.4 is 5.32 Å². The highest BCUT2D eigenvalue weighted by Gasteiger charge is 2.13. The van der Waals surface area contributed by atoms with Crippen molar-refractivity contribution in [3.8, 4) is 0 Å². The molecule has 0 radical (unpaired) electrons. The van der Waals surface area contributed by atoms with E-state index in [0.29, 0.717) is 17.1 Å². The third kappa shape index (κ3) is 3.66. The van der Waals surface area contributed by atoms with Gasteiger partial charge in [-0.2, -0.15) is 0 Å². The van der Waals surface area contributed by atoms with E-state index in [2.05, 4.69) is 10.3 Å². The summed E-state index contributed by atoms with van der Waals surface area (Å²) in [4.78, 5) is 4.04. The van der Waals surface area contributed by atoms with Crippen LogP contribution in [0.25, 0.3) is 0 Å². The zero-order valence-corrected chi connectivity index (χ0v) is 11.8. The number of hydrogen-bond acceptors (Lipinski definition) is 2. The van der Waals surface area contributed by atoms with Gasteiger partial charge in [-0.1, -0.05) is 29.3 Å². The first-order chi connectivity index (χ1) is 9.08. The Morgan fingerprint density at radius 2 is 2.11 bits per heavy atom. The minimum atomic E-state index is -0.462. The van der Waals surface area contributed by atoms with E-state index in [-0.39, 0.29) is 11.1 Å². The molecule has 2 nitrogen and oxygen atoms in total. The first-order valence-electron chi connectivity index (χ1n) is 5.84. The van der Waals surface area contributed by atoms with E-state index in [1.807, 2.05) is 19.1 Å². The van der Waals surface area contributed by atoms with Crippen LogP contribution in [0.1, 0.15) is 24.1 Å². The lowest BCUT2D eigenvalue weighted by molar-refractivity contribution is 0.564. The van der Waals surface area contributed by atoms with Crippen LogP contribution in [0, 0.1) is 5.82 Å². The molecule has 19 heavy (non-hydrogen) atoms. The summed E-state index contributed by atoms with van der Waals surface area (Å²) >= 11 is 11.8. The van der Waals surface area contributed by atoms with E-state index in [1.54, 1.807) is 12.4 Å². The van der Waals surface area contributed by atoms with Crippen LogP contribution in [-0.2, 0) is 6.54 Å². The molecule has 1 unspecified atom stereocenters. The van der Waals surface area contributed by atoms with Gasteiger partial charge in [0.25, 0.3) is 0 Å². The zero-order chi connectivity index (χ0) is 13.8. The summed E-state index contributed by atoms with van der Waals surface area (Å²) in [5, 5.41) is 3.76. The molecule has 1 N–H and O–H groups in total. The van der Waals surface area contributed by atoms with Gasteiger partial charge in [0.2, 0.25) is 0 Å². The standard InChI is InChI=1S/C14H13Cl2FN2/c1-9(19-8-10-3-2-4-18-7-10)11-5-14(17)13(16)6-12(11)15/h2-7,9,19H,8H2,1H3. The Labute approximate surface area is 121 Å². The predicted octanol–water partition coefficient (Wildman–Crippen LogP) is 4.38. The smallest absolute Gasteiger partial charge is 0.142 e. The average Bonchev–Trinajstić information content (AvgIpc) is 2.41. The van der Waals surface area contributed by atoms with Crippen molar-refractivity contribution in [1.82, 2.24) is 10.3 Å². The Bertz CT molecular complexity index is 561. The lowest BCUT2D eigenvalue weighted by atomic mass is 10.1. The fourth-order valence-electron chi connectivity index (χ4n) is 1.75. The highest BCUT2D eigenvalue weighted by molar-refractivity contribution is 6.35. The molecule has 0 aliphatic rings. The van der Waals surface area contributed by atoms with Gasteiger partial charge in [0.1, 0.15) is 5.82 Å². The molecule has 1 aromatic carbocycles. The van der Waals surface area contributed by atoms with Gasteiger partial charge in [0.15, 0.2) is 0 Å². The molecular weight excluding hydrogens is 286 g/mol. The first-order valence-corrected chi connectivity index (χ1v) is 6.60. The Hall–Kier alpha value is -1.16. The SMILES string of the molecule is CC(NCc1cccnc1)c1cc(F)c(Cl)cc1Cl. The molecule has 0 amide bonds. The van der Waals surface area contributed by atoms with Crippen molar-refractivity contribution in [3.63, 3.8) is 0 Å². The second kappa shape index (κ2) is 6.33. The fraction of sp³-hybridized carbons (Fsp3) is 0.214. The Kier molecular flexibility index (Phi) is 4.75. The molecule has 2 aromatic rings. The Morgan fingerprint density at radius 3 is 2.79 bits per heavy atom. The topological polar surface area (TPSA) is 24.9 Å². The predicted molar refractivity (Wildman–Crippen MR) is 75.9 cm³/mol. The van der Waals surface area contributed by atoms with Gasteiger partial charge in [0, 0.05) is 30.0 Å². The summed E-state index contributed by atoms with van der Waals surface area (Å²) in [6.45, 7) is 2.56. The van der Waals surface area contributed by atoms with Crippen molar-refractivity contribution in [1.29, 1.82) is 0 Å². The van der Waals surface area contributed by atoms with Gasteiger partial charge in [-0.15, -0.1) is 0 Å². The van der Waals surface area contributed by atoms with Crippen molar-refractivity contribution in [3.05, 3.63) is 63.6 Å². The van der Waals surface area contributed by atoms with Crippen molar-refractivity contribution < 1.29 is 4.39 Å². The third-order valence-corrected chi connectivity index (χ3v) is 3.46. The molecule has 100 valence electrons. The molecule has 0 saturated carbocycles. The van der Waals surface area contributed by atoms with Crippen LogP contribution in [0.2, 0.25) is 10.0 Å². The van der Waals surface area contributed by atoms with Gasteiger partial charge in [-0.3, -0.25) is 4.98 Å². The van der Waals surface area contributed by atoms with E-state index in [0.717, 1.165) is 5.56 Å². The number of nitrogens with zero attached hydrogens (tertiary/aromatic N) is 1. The summed E-state index contributed by atoms with van der Waals surface area (Å²) < 4.78 is 13.5. The summed E-state index contributed by atoms with van der Waals surface area (Å²) in [7, 11) is 0. The maximum atomic E-state index is 13.5. The summed E-state index contributed by atoms with van der Waals surface area (Å²) in [5.74, 6) is -0.462. The lowest BCUT2D eigenvalue weighted by Crippen LogP contribution is -2.18. The van der Waals surface area contributed by atoms with Crippen molar-refractivity contribution in [2.75, 3.05) is 0 Å². The molecule has 1 aromatic heterocycles. The minimum absolute atomic E-state index is 0.0354. The number of hydrogen-bond donors (Lipinski definition) is 1. The van der Waals surface area contributed by atoms with E-state index in [9.17, 15) is 4.39 Å². The van der Waals surface area contributed by atoms with E-state index in [1.165, 1.54) is 12.1 Å². The molecule has 1 atom stereocenters. The number of nitrogens with one attached hydrogen (secondary N) is 1. The molecule has 5 heteroatoms. The Morgan fingerprint density at radius 1 is 1.32 bits per heavy atom. The number of pyridine rings is 1. The minimum Gasteiger partial charge on any atom is -0.306 e. The van der Waals surface area contributed by atoms with E-state index >= 15 is 0 Å². The van der Waals surface area contributed by atoms with Crippen molar-refractivity contribution in [2.24, 2.45) is 0 Å². The summed E-state index contributed by atoms with van der Waals surface area (Å²) in [5.41, 5.74) is 1.74. The Balaban J connectivity index is 2.08. The first kappa shape index (κ1) is 14.3. The normalized spacial score (nSPS) is 12.4. The van der Waals surface area contributed by atoms with Crippen LogP contribution in [0.4, 0.5) is 4.39 Å². The monoisotopic (exact) mass is 298 g/mol. The van der Waals surface area contributed by atoms with Gasteiger partial charge in [0.05, 0.1) is 5.02 Å². The molecule has 2 rings (SSSR count). The molecule has 0 bridgehead atoms. The van der Waals surface area contributed by atoms with Gasteiger partial charge in [-0.25, -0.2) is 4.39 Å². The molecular formula is C14H13Cl2FN2. The number of halogens is 3. The van der Waals surface area contributed by atoms with Crippen molar-refractivity contribution in [2.45, 2.75) is 19.5 Å². The van der Waals surface area contributed by atoms with E-state index < -0.39 is 5.82 Å².